The molecule has 0 bridgehead atoms. The molecule has 0 aliphatic carbocycles. The van der Waals surface area contributed by atoms with Crippen molar-refractivity contribution in [3.05, 3.63) is 23.2 Å². The van der Waals surface area contributed by atoms with Crippen molar-refractivity contribution in [3.8, 4) is 0 Å². The first kappa shape index (κ1) is 15.7. The Morgan fingerprint density at radius 2 is 2.11 bits per heavy atom. The van der Waals surface area contributed by atoms with Crippen molar-refractivity contribution in [3.63, 3.8) is 0 Å². The number of nitrogen functional groups attached to an aromatic ring is 1. The van der Waals surface area contributed by atoms with E-state index in [1.54, 1.807) is 6.92 Å². The van der Waals surface area contributed by atoms with Gasteiger partial charge in [0.05, 0.1) is 5.69 Å². The van der Waals surface area contributed by atoms with E-state index in [-0.39, 0.29) is 29.5 Å². The molecule has 0 heterocycles. The Morgan fingerprint density at radius 3 is 2.68 bits per heavy atom. The van der Waals surface area contributed by atoms with Crippen LogP contribution in [0.2, 0.25) is 5.02 Å². The molecular weight excluding hydrogens is 290 g/mol. The number of carbonyl (C=O) groups excluding carboxylic acids is 1. The van der Waals surface area contributed by atoms with Crippen LogP contribution in [0.4, 0.5) is 5.69 Å². The van der Waals surface area contributed by atoms with Gasteiger partial charge in [0, 0.05) is 24.5 Å². The molecule has 1 amide bonds. The average Bonchev–Trinajstić information content (AvgIpc) is 2.28. The molecule has 8 heteroatoms. The van der Waals surface area contributed by atoms with Crippen LogP contribution in [-0.2, 0) is 14.8 Å². The van der Waals surface area contributed by atoms with Gasteiger partial charge in [-0.05, 0) is 25.1 Å². The lowest BCUT2D eigenvalue weighted by Crippen LogP contribution is -2.31. The first-order valence-electron chi connectivity index (χ1n) is 5.68. The minimum Gasteiger partial charge on any atom is -0.398 e. The van der Waals surface area contributed by atoms with Crippen molar-refractivity contribution in [1.82, 2.24) is 10.0 Å². The molecule has 4 N–H and O–H groups in total. The molecule has 0 aliphatic rings. The molecule has 0 unspecified atom stereocenters. The first-order valence-corrected chi connectivity index (χ1v) is 7.54. The smallest absolute Gasteiger partial charge is 0.242 e. The molecule has 0 aromatic heterocycles. The summed E-state index contributed by atoms with van der Waals surface area (Å²) in [5, 5.41) is 2.93. The van der Waals surface area contributed by atoms with Gasteiger partial charge >= 0.3 is 0 Å². The fourth-order valence-corrected chi connectivity index (χ4v) is 2.75. The van der Waals surface area contributed by atoms with Crippen molar-refractivity contribution in [2.75, 3.05) is 18.8 Å². The lowest BCUT2D eigenvalue weighted by Gasteiger charge is -2.09. The molecule has 6 nitrogen and oxygen atoms in total. The SMILES string of the molecule is CCNC(=O)CCNS(=O)(=O)c1ccc(Cl)cc1N. The number of hydrogen-bond acceptors (Lipinski definition) is 4. The third-order valence-electron chi connectivity index (χ3n) is 2.28. The summed E-state index contributed by atoms with van der Waals surface area (Å²) >= 11 is 5.70. The summed E-state index contributed by atoms with van der Waals surface area (Å²) in [5.74, 6) is -0.214. The van der Waals surface area contributed by atoms with Crippen LogP contribution in [0.3, 0.4) is 0 Å². The Kier molecular flexibility index (Phi) is 5.59. The molecule has 0 atom stereocenters. The van der Waals surface area contributed by atoms with Gasteiger partial charge < -0.3 is 11.1 Å². The molecule has 0 spiro atoms. The van der Waals surface area contributed by atoms with E-state index in [4.69, 9.17) is 17.3 Å². The normalized spacial score (nSPS) is 11.3. The first-order chi connectivity index (χ1) is 8.86. The predicted octanol–water partition coefficient (Wildman–Crippen LogP) is 0.727. The number of nitrogens with two attached hydrogens (primary N) is 1. The second kappa shape index (κ2) is 6.74. The Balaban J connectivity index is 2.68. The van der Waals surface area contributed by atoms with Crippen LogP contribution >= 0.6 is 11.6 Å². The van der Waals surface area contributed by atoms with Gasteiger partial charge in [-0.3, -0.25) is 4.79 Å². The maximum absolute atomic E-state index is 11.9. The Morgan fingerprint density at radius 1 is 1.42 bits per heavy atom. The zero-order chi connectivity index (χ0) is 14.5. The molecule has 0 aliphatic heterocycles. The topological polar surface area (TPSA) is 101 Å². The third kappa shape index (κ3) is 4.70. The second-order valence-electron chi connectivity index (χ2n) is 3.78. The summed E-state index contributed by atoms with van der Waals surface area (Å²) in [7, 11) is -3.73. The summed E-state index contributed by atoms with van der Waals surface area (Å²) in [4.78, 5) is 11.1. The number of rotatable bonds is 6. The Hall–Kier alpha value is -1.31. The van der Waals surface area contributed by atoms with Crippen LogP contribution in [-0.4, -0.2) is 27.4 Å². The summed E-state index contributed by atoms with van der Waals surface area (Å²) in [6.45, 7) is 2.31. The summed E-state index contributed by atoms with van der Waals surface area (Å²) < 4.78 is 26.2. The van der Waals surface area contributed by atoms with Gasteiger partial charge in [0.2, 0.25) is 15.9 Å². The predicted molar refractivity (Wildman–Crippen MR) is 74.4 cm³/mol. The molecule has 0 radical (unpaired) electrons. The third-order valence-corrected chi connectivity index (χ3v) is 4.05. The quantitative estimate of drug-likeness (QED) is 0.674. The number of amides is 1. The van der Waals surface area contributed by atoms with E-state index in [1.807, 2.05) is 0 Å². The van der Waals surface area contributed by atoms with Crippen LogP contribution in [0, 0.1) is 0 Å². The van der Waals surface area contributed by atoms with Gasteiger partial charge in [0.15, 0.2) is 0 Å². The van der Waals surface area contributed by atoms with Gasteiger partial charge in [0.1, 0.15) is 4.90 Å². The number of anilines is 1. The highest BCUT2D eigenvalue weighted by molar-refractivity contribution is 7.89. The highest BCUT2D eigenvalue weighted by atomic mass is 35.5. The van der Waals surface area contributed by atoms with Crippen LogP contribution in [0.5, 0.6) is 0 Å². The summed E-state index contributed by atoms with van der Waals surface area (Å²) in [5.41, 5.74) is 5.67. The number of carbonyl (C=O) groups is 1. The fourth-order valence-electron chi connectivity index (χ4n) is 1.43. The molecular formula is C11H16ClN3O3S. The van der Waals surface area contributed by atoms with E-state index in [2.05, 4.69) is 10.0 Å². The second-order valence-corrected chi connectivity index (χ2v) is 5.96. The van der Waals surface area contributed by atoms with E-state index in [1.165, 1.54) is 18.2 Å². The number of benzene rings is 1. The molecule has 19 heavy (non-hydrogen) atoms. The largest absolute Gasteiger partial charge is 0.398 e. The minimum absolute atomic E-state index is 0.0102. The van der Waals surface area contributed by atoms with Crippen LogP contribution in [0.25, 0.3) is 0 Å². The number of halogens is 1. The van der Waals surface area contributed by atoms with E-state index < -0.39 is 10.0 Å². The van der Waals surface area contributed by atoms with Gasteiger partial charge in [-0.15, -0.1) is 0 Å². The average molecular weight is 306 g/mol. The van der Waals surface area contributed by atoms with Crippen LogP contribution < -0.4 is 15.8 Å². The van der Waals surface area contributed by atoms with Crippen molar-refractivity contribution in [2.24, 2.45) is 0 Å². The molecule has 1 rings (SSSR count). The summed E-state index contributed by atoms with van der Waals surface area (Å²) in [6, 6.07) is 4.13. The molecule has 1 aromatic rings. The van der Waals surface area contributed by atoms with Crippen LogP contribution in [0.15, 0.2) is 23.1 Å². The molecule has 0 saturated heterocycles. The molecule has 0 saturated carbocycles. The number of sulfonamides is 1. The Labute approximate surface area is 117 Å². The van der Waals surface area contributed by atoms with Crippen molar-refractivity contribution in [1.29, 1.82) is 0 Å². The van der Waals surface area contributed by atoms with Gasteiger partial charge in [-0.2, -0.15) is 0 Å². The highest BCUT2D eigenvalue weighted by Crippen LogP contribution is 2.22. The molecule has 1 aromatic carbocycles. The van der Waals surface area contributed by atoms with Crippen molar-refractivity contribution < 1.29 is 13.2 Å². The van der Waals surface area contributed by atoms with E-state index in [9.17, 15) is 13.2 Å². The number of nitrogens with one attached hydrogen (secondary N) is 2. The van der Waals surface area contributed by atoms with Crippen LogP contribution in [0.1, 0.15) is 13.3 Å². The lowest BCUT2D eigenvalue weighted by atomic mass is 10.3. The lowest BCUT2D eigenvalue weighted by molar-refractivity contribution is -0.120. The monoisotopic (exact) mass is 305 g/mol. The maximum Gasteiger partial charge on any atom is 0.242 e. The zero-order valence-electron chi connectivity index (χ0n) is 10.4. The maximum atomic E-state index is 11.9. The van der Waals surface area contributed by atoms with E-state index >= 15 is 0 Å². The minimum atomic E-state index is -3.73. The van der Waals surface area contributed by atoms with Gasteiger partial charge in [-0.1, -0.05) is 11.6 Å². The van der Waals surface area contributed by atoms with E-state index in [0.29, 0.717) is 11.6 Å². The fraction of sp³-hybridized carbons (Fsp3) is 0.364. The van der Waals surface area contributed by atoms with Crippen molar-refractivity contribution >= 4 is 33.2 Å². The summed E-state index contributed by atoms with van der Waals surface area (Å²) in [6.07, 6.45) is 0.0700. The van der Waals surface area contributed by atoms with Gasteiger partial charge in [0.25, 0.3) is 0 Å². The standard InChI is InChI=1S/C11H16ClN3O3S/c1-2-14-11(16)5-6-15-19(17,18)10-4-3-8(12)7-9(10)13/h3-4,7,15H,2,5-6,13H2,1H3,(H,14,16). The molecule has 0 fully saturated rings. The zero-order valence-corrected chi connectivity index (χ0v) is 12.0. The Bertz CT molecular complexity index is 560. The van der Waals surface area contributed by atoms with E-state index in [0.717, 1.165) is 0 Å². The van der Waals surface area contributed by atoms with Gasteiger partial charge in [-0.25, -0.2) is 13.1 Å². The number of hydrogen-bond donors (Lipinski definition) is 3. The highest BCUT2D eigenvalue weighted by Gasteiger charge is 2.17. The molecule has 106 valence electrons. The van der Waals surface area contributed by atoms with Crippen molar-refractivity contribution in [2.45, 2.75) is 18.2 Å².